The molecule has 0 aliphatic carbocycles. The molecule has 11 heteroatoms. The molecule has 1 N–H and O–H groups in total. The van der Waals surface area contributed by atoms with Gasteiger partial charge in [0.2, 0.25) is 21.8 Å². The maximum Gasteiger partial charge on any atom is 0.271 e. The normalized spacial score (nSPS) is 12.1. The maximum atomic E-state index is 13.5. The van der Waals surface area contributed by atoms with E-state index in [1.807, 2.05) is 32.0 Å². The molecule has 2 aromatic carbocycles. The summed E-state index contributed by atoms with van der Waals surface area (Å²) in [5, 5.41) is 14.0. The van der Waals surface area contributed by atoms with Crippen molar-refractivity contribution in [1.82, 2.24) is 10.2 Å². The Morgan fingerprint density at radius 1 is 1.09 bits per heavy atom. The zero-order chi connectivity index (χ0) is 25.5. The highest BCUT2D eigenvalue weighted by molar-refractivity contribution is 7.92. The molecule has 1 atom stereocenters. The van der Waals surface area contributed by atoms with E-state index in [0.717, 1.165) is 22.2 Å². The first-order chi connectivity index (χ1) is 15.9. The number of nitrogens with one attached hydrogen (secondary N) is 1. The van der Waals surface area contributed by atoms with Gasteiger partial charge in [0.1, 0.15) is 12.6 Å². The molecule has 0 aromatic heterocycles. The molecule has 2 rings (SSSR count). The number of hydrogen-bond donors (Lipinski definition) is 1. The summed E-state index contributed by atoms with van der Waals surface area (Å²) < 4.78 is 25.9. The predicted molar refractivity (Wildman–Crippen MR) is 130 cm³/mol. The fourth-order valence-corrected chi connectivity index (χ4v) is 4.30. The fraction of sp³-hybridized carbons (Fsp3) is 0.391. The molecule has 0 fully saturated rings. The van der Waals surface area contributed by atoms with Crippen LogP contribution in [0.25, 0.3) is 0 Å². The van der Waals surface area contributed by atoms with Crippen LogP contribution in [0.3, 0.4) is 0 Å². The van der Waals surface area contributed by atoms with Crippen LogP contribution >= 0.6 is 0 Å². The van der Waals surface area contributed by atoms with Crippen LogP contribution in [-0.4, -0.2) is 54.9 Å². The van der Waals surface area contributed by atoms with E-state index >= 15 is 0 Å². The summed E-state index contributed by atoms with van der Waals surface area (Å²) >= 11 is 0. The number of carbonyl (C=O) groups excluding carboxylic acids is 2. The lowest BCUT2D eigenvalue weighted by molar-refractivity contribution is -0.384. The van der Waals surface area contributed by atoms with Crippen molar-refractivity contribution in [3.05, 3.63) is 70.3 Å². The highest BCUT2D eigenvalue weighted by Crippen LogP contribution is 2.24. The van der Waals surface area contributed by atoms with E-state index in [0.29, 0.717) is 6.42 Å². The Balaban J connectivity index is 2.45. The van der Waals surface area contributed by atoms with Crippen LogP contribution in [0.4, 0.5) is 11.4 Å². The molecule has 184 valence electrons. The van der Waals surface area contributed by atoms with Gasteiger partial charge in [-0.1, -0.05) is 43.3 Å². The van der Waals surface area contributed by atoms with Crippen LogP contribution in [0, 0.1) is 10.1 Å². The molecule has 0 radical (unpaired) electrons. The van der Waals surface area contributed by atoms with E-state index in [1.54, 1.807) is 19.1 Å². The Bertz CT molecular complexity index is 1120. The standard InChI is InChI=1S/C23H30N4O6S/c1-5-21(23(29)24-17(2)3)25(15-18-10-7-6-8-11-18)22(28)16-26(34(4,32)33)19-12-9-13-20(14-19)27(30)31/h6-14,17,21H,5,15-16H2,1-4H3,(H,24,29). The van der Waals surface area contributed by atoms with E-state index in [4.69, 9.17) is 0 Å². The topological polar surface area (TPSA) is 130 Å². The van der Waals surface area contributed by atoms with Crippen LogP contribution in [0.2, 0.25) is 0 Å². The van der Waals surface area contributed by atoms with Gasteiger partial charge in [0, 0.05) is 24.7 Å². The molecule has 1 unspecified atom stereocenters. The highest BCUT2D eigenvalue weighted by Gasteiger charge is 2.32. The van der Waals surface area contributed by atoms with E-state index in [9.17, 15) is 28.1 Å². The van der Waals surface area contributed by atoms with Gasteiger partial charge in [0.25, 0.3) is 5.69 Å². The summed E-state index contributed by atoms with van der Waals surface area (Å²) in [7, 11) is -3.97. The Morgan fingerprint density at radius 3 is 2.26 bits per heavy atom. The summed E-state index contributed by atoms with van der Waals surface area (Å²) in [5.41, 5.74) is 0.458. The van der Waals surface area contributed by atoms with Crippen LogP contribution in [0.5, 0.6) is 0 Å². The average Bonchev–Trinajstić information content (AvgIpc) is 2.76. The van der Waals surface area contributed by atoms with Gasteiger partial charge < -0.3 is 10.2 Å². The number of sulfonamides is 1. The number of non-ortho nitro benzene ring substituents is 1. The van der Waals surface area contributed by atoms with Crippen molar-refractivity contribution >= 4 is 33.2 Å². The van der Waals surface area contributed by atoms with Crippen molar-refractivity contribution in [3.63, 3.8) is 0 Å². The molecule has 0 heterocycles. The van der Waals surface area contributed by atoms with Gasteiger partial charge in [-0.3, -0.25) is 24.0 Å². The highest BCUT2D eigenvalue weighted by atomic mass is 32.2. The second-order valence-electron chi connectivity index (χ2n) is 8.14. The van der Waals surface area contributed by atoms with E-state index in [1.165, 1.54) is 23.1 Å². The zero-order valence-electron chi connectivity index (χ0n) is 19.7. The first kappa shape index (κ1) is 26.8. The van der Waals surface area contributed by atoms with Gasteiger partial charge in [-0.25, -0.2) is 8.42 Å². The molecule has 0 saturated carbocycles. The summed E-state index contributed by atoms with van der Waals surface area (Å²) in [6.45, 7) is 4.86. The molecule has 0 aliphatic heterocycles. The van der Waals surface area contributed by atoms with Crippen LogP contribution in [0.1, 0.15) is 32.8 Å². The Kier molecular flexibility index (Phi) is 9.13. The average molecular weight is 491 g/mol. The lowest BCUT2D eigenvalue weighted by Crippen LogP contribution is -2.53. The smallest absolute Gasteiger partial charge is 0.271 e. The monoisotopic (exact) mass is 490 g/mol. The summed E-state index contributed by atoms with van der Waals surface area (Å²) in [4.78, 5) is 38.3. The number of hydrogen-bond acceptors (Lipinski definition) is 6. The first-order valence-electron chi connectivity index (χ1n) is 10.8. The predicted octanol–water partition coefficient (Wildman–Crippen LogP) is 2.69. The second kappa shape index (κ2) is 11.6. The van der Waals surface area contributed by atoms with Gasteiger partial charge in [0.15, 0.2) is 0 Å². The third-order valence-corrected chi connectivity index (χ3v) is 6.16. The largest absolute Gasteiger partial charge is 0.352 e. The first-order valence-corrected chi connectivity index (χ1v) is 12.6. The Labute approximate surface area is 199 Å². The molecule has 0 bridgehead atoms. The number of nitrogens with zero attached hydrogens (tertiary/aromatic N) is 3. The summed E-state index contributed by atoms with van der Waals surface area (Å²) in [6, 6.07) is 13.1. The molecule has 0 saturated heterocycles. The molecular formula is C23H30N4O6S. The lowest BCUT2D eigenvalue weighted by atomic mass is 10.1. The maximum absolute atomic E-state index is 13.5. The number of benzene rings is 2. The number of amides is 2. The molecule has 10 nitrogen and oxygen atoms in total. The second-order valence-corrected chi connectivity index (χ2v) is 10.0. The van der Waals surface area contributed by atoms with E-state index in [-0.39, 0.29) is 29.9 Å². The van der Waals surface area contributed by atoms with Gasteiger partial charge in [0.05, 0.1) is 16.9 Å². The van der Waals surface area contributed by atoms with Crippen molar-refractivity contribution in [2.45, 2.75) is 45.8 Å². The molecular weight excluding hydrogens is 460 g/mol. The van der Waals surface area contributed by atoms with Crippen molar-refractivity contribution in [1.29, 1.82) is 0 Å². The number of nitro groups is 1. The summed E-state index contributed by atoms with van der Waals surface area (Å²) in [6.07, 6.45) is 1.23. The van der Waals surface area contributed by atoms with Crippen molar-refractivity contribution in [2.24, 2.45) is 0 Å². The fourth-order valence-electron chi connectivity index (χ4n) is 3.46. The Morgan fingerprint density at radius 2 is 1.74 bits per heavy atom. The van der Waals surface area contributed by atoms with Crippen molar-refractivity contribution in [3.8, 4) is 0 Å². The van der Waals surface area contributed by atoms with Gasteiger partial charge in [-0.15, -0.1) is 0 Å². The molecule has 34 heavy (non-hydrogen) atoms. The quantitative estimate of drug-likeness (QED) is 0.381. The number of nitro benzene ring substituents is 1. The van der Waals surface area contributed by atoms with Gasteiger partial charge in [-0.2, -0.15) is 0 Å². The number of anilines is 1. The molecule has 0 aliphatic rings. The lowest BCUT2D eigenvalue weighted by Gasteiger charge is -2.33. The van der Waals surface area contributed by atoms with E-state index < -0.39 is 33.4 Å². The van der Waals surface area contributed by atoms with Crippen molar-refractivity contribution < 1.29 is 22.9 Å². The minimum atomic E-state index is -3.97. The third kappa shape index (κ3) is 7.27. The molecule has 2 amide bonds. The molecule has 2 aromatic rings. The SMILES string of the molecule is CCC(C(=O)NC(C)C)N(Cc1ccccc1)C(=O)CN(c1cccc([N+](=O)[O-])c1)S(C)(=O)=O. The third-order valence-electron chi connectivity index (χ3n) is 5.02. The van der Waals surface area contributed by atoms with Crippen LogP contribution < -0.4 is 9.62 Å². The van der Waals surface area contributed by atoms with Crippen LogP contribution in [0.15, 0.2) is 54.6 Å². The van der Waals surface area contributed by atoms with Crippen LogP contribution in [-0.2, 0) is 26.2 Å². The molecule has 0 spiro atoms. The zero-order valence-corrected chi connectivity index (χ0v) is 20.5. The van der Waals surface area contributed by atoms with Gasteiger partial charge >= 0.3 is 0 Å². The van der Waals surface area contributed by atoms with Crippen molar-refractivity contribution in [2.75, 3.05) is 17.1 Å². The summed E-state index contributed by atoms with van der Waals surface area (Å²) in [5.74, 6) is -0.949. The Hall–Kier alpha value is -3.47. The number of rotatable bonds is 11. The number of carbonyl (C=O) groups is 2. The van der Waals surface area contributed by atoms with Gasteiger partial charge in [-0.05, 0) is 31.9 Å². The van der Waals surface area contributed by atoms with E-state index in [2.05, 4.69) is 5.32 Å². The minimum Gasteiger partial charge on any atom is -0.352 e. The minimum absolute atomic E-state index is 0.00982.